The molecule has 1 spiro atoms. The maximum absolute atomic E-state index is 14.3. The van der Waals surface area contributed by atoms with Gasteiger partial charge in [0.2, 0.25) is 17.7 Å². The van der Waals surface area contributed by atoms with Crippen molar-refractivity contribution in [1.29, 1.82) is 0 Å². The van der Waals surface area contributed by atoms with Crippen LogP contribution in [0.25, 0.3) is 0 Å². The number of hydrogen-bond donors (Lipinski definition) is 2. The summed E-state index contributed by atoms with van der Waals surface area (Å²) in [5, 5.41) is 6.42. The van der Waals surface area contributed by atoms with Crippen LogP contribution in [0.1, 0.15) is 64.9 Å². The third kappa shape index (κ3) is 5.71. The van der Waals surface area contributed by atoms with Crippen LogP contribution in [0.2, 0.25) is 0 Å². The predicted octanol–water partition coefficient (Wildman–Crippen LogP) is 3.48. The van der Waals surface area contributed by atoms with E-state index in [1.54, 1.807) is 4.90 Å². The fourth-order valence-electron chi connectivity index (χ4n) is 8.27. The van der Waals surface area contributed by atoms with Crippen molar-refractivity contribution in [2.45, 2.75) is 83.1 Å². The number of likely N-dealkylation sites (tertiary alicyclic amines) is 1. The van der Waals surface area contributed by atoms with Gasteiger partial charge in [-0.2, -0.15) is 0 Å². The first-order valence-corrected chi connectivity index (χ1v) is 16.9. The number of hydrogen-bond acceptors (Lipinski definition) is 6. The minimum atomic E-state index is -1.13. The summed E-state index contributed by atoms with van der Waals surface area (Å²) in [4.78, 5) is 48.9. The number of likely N-dealkylation sites (N-methyl/N-ethyl adjacent to an activating group) is 1. The predicted molar refractivity (Wildman–Crippen MR) is 171 cm³/mol. The number of amides is 3. The van der Waals surface area contributed by atoms with Gasteiger partial charge in [-0.3, -0.25) is 14.4 Å². The minimum Gasteiger partial charge on any atom is -0.359 e. The number of carbonyl (C=O) groups excluding carboxylic acids is 3. The highest BCUT2D eigenvalue weighted by atomic mass is 16.5. The molecule has 9 nitrogen and oxygen atoms in total. The van der Waals surface area contributed by atoms with Crippen LogP contribution in [-0.4, -0.2) is 103 Å². The monoisotopic (exact) mass is 605 g/mol. The van der Waals surface area contributed by atoms with Crippen LogP contribution in [0.15, 0.2) is 36.4 Å². The SMILES string of the molecule is CC(C)c1ccc(NC(=O)[C@@H]2[C@@H]3C=C[C@]4(O3)[C@@H]2C(=O)N(CCCN2CCN(C)CC2)[C@H]4C(=O)N[C@@H]2CCC[C@@H](C)[C@@H]2C)cc1. The van der Waals surface area contributed by atoms with Crippen LogP contribution in [0.4, 0.5) is 5.69 Å². The van der Waals surface area contributed by atoms with E-state index in [0.717, 1.165) is 52.0 Å². The van der Waals surface area contributed by atoms with Gasteiger partial charge < -0.3 is 30.1 Å². The summed E-state index contributed by atoms with van der Waals surface area (Å²) in [5.41, 5.74) is 0.762. The van der Waals surface area contributed by atoms with E-state index < -0.39 is 29.6 Å². The molecule has 4 fully saturated rings. The maximum atomic E-state index is 14.3. The van der Waals surface area contributed by atoms with Crippen molar-refractivity contribution >= 4 is 23.4 Å². The topological polar surface area (TPSA) is 94.2 Å². The Morgan fingerprint density at radius 3 is 2.45 bits per heavy atom. The summed E-state index contributed by atoms with van der Waals surface area (Å²) < 4.78 is 6.57. The fourth-order valence-corrected chi connectivity index (χ4v) is 8.27. The second-order valence-electron chi connectivity index (χ2n) is 14.4. The number of piperazine rings is 1. The lowest BCUT2D eigenvalue weighted by molar-refractivity contribution is -0.141. The number of carbonyl (C=O) groups is 3. The Hall–Kier alpha value is -2.75. The molecule has 3 saturated heterocycles. The molecule has 5 aliphatic rings. The second kappa shape index (κ2) is 12.6. The van der Waals surface area contributed by atoms with Crippen LogP contribution in [0, 0.1) is 23.7 Å². The summed E-state index contributed by atoms with van der Waals surface area (Å²) in [6.07, 6.45) is 7.25. The van der Waals surface area contributed by atoms with Gasteiger partial charge in [0.05, 0.1) is 17.9 Å². The first-order chi connectivity index (χ1) is 21.1. The van der Waals surface area contributed by atoms with Gasteiger partial charge in [-0.25, -0.2) is 0 Å². The number of benzene rings is 1. The Balaban J connectivity index is 1.23. The Kier molecular flexibility index (Phi) is 8.92. The Bertz CT molecular complexity index is 1260. The number of anilines is 1. The smallest absolute Gasteiger partial charge is 0.246 e. The van der Waals surface area contributed by atoms with Gasteiger partial charge in [0, 0.05) is 44.5 Å². The second-order valence-corrected chi connectivity index (χ2v) is 14.4. The fraction of sp³-hybridized carbons (Fsp3) is 0.686. The lowest BCUT2D eigenvalue weighted by Crippen LogP contribution is -2.58. The van der Waals surface area contributed by atoms with Gasteiger partial charge in [0.15, 0.2) is 0 Å². The molecule has 0 unspecified atom stereocenters. The molecular formula is C35H51N5O4. The number of fused-ring (bicyclic) bond motifs is 1. The average Bonchev–Trinajstić information content (AvgIpc) is 3.64. The molecule has 2 N–H and O–H groups in total. The minimum absolute atomic E-state index is 0.0690. The third-order valence-corrected chi connectivity index (χ3v) is 11.3. The number of rotatable bonds is 9. The maximum Gasteiger partial charge on any atom is 0.246 e. The van der Waals surface area contributed by atoms with Gasteiger partial charge in [0.1, 0.15) is 11.6 Å². The quantitative estimate of drug-likeness (QED) is 0.419. The standard InChI is InChI=1S/C35H51N5O4/c1-22(2)25-10-12-26(13-11-25)36-32(41)29-28-14-15-35(44-28)30(29)34(43)40(17-7-16-39-20-18-38(5)19-21-39)31(35)33(42)37-27-9-6-8-23(3)24(27)4/h10-15,22-24,27-31H,6-9,16-21H2,1-5H3,(H,36,41)(H,37,42)/t23-,24+,27-,28+,29-,30+,31+,35+/m1/s1. The molecule has 9 heteroatoms. The lowest BCUT2D eigenvalue weighted by atomic mass is 9.73. The zero-order valence-corrected chi connectivity index (χ0v) is 27.1. The molecule has 1 aromatic carbocycles. The van der Waals surface area contributed by atoms with E-state index in [2.05, 4.69) is 55.2 Å². The van der Waals surface area contributed by atoms with Crippen LogP contribution in [0.5, 0.6) is 0 Å². The molecule has 6 rings (SSSR count). The molecule has 2 bridgehead atoms. The average molecular weight is 606 g/mol. The zero-order chi connectivity index (χ0) is 31.2. The van der Waals surface area contributed by atoms with Gasteiger partial charge in [-0.05, 0) is 61.9 Å². The molecule has 1 aromatic rings. The highest BCUT2D eigenvalue weighted by molar-refractivity contribution is 6.02. The summed E-state index contributed by atoms with van der Waals surface area (Å²) in [5.74, 6) is -0.655. The summed E-state index contributed by atoms with van der Waals surface area (Å²) in [6.45, 7) is 14.2. The van der Waals surface area contributed by atoms with E-state index in [0.29, 0.717) is 30.0 Å². The summed E-state index contributed by atoms with van der Waals surface area (Å²) in [7, 11) is 2.14. The number of nitrogens with one attached hydrogen (secondary N) is 2. The van der Waals surface area contributed by atoms with Gasteiger partial charge in [-0.15, -0.1) is 0 Å². The van der Waals surface area contributed by atoms with E-state index in [-0.39, 0.29) is 23.8 Å². The van der Waals surface area contributed by atoms with Crippen molar-refractivity contribution in [1.82, 2.24) is 20.0 Å². The number of nitrogens with zero attached hydrogens (tertiary/aromatic N) is 3. The highest BCUT2D eigenvalue weighted by Crippen LogP contribution is 2.55. The molecule has 1 aliphatic carbocycles. The summed E-state index contributed by atoms with van der Waals surface area (Å²) >= 11 is 0. The van der Waals surface area contributed by atoms with Crippen molar-refractivity contribution in [3.05, 3.63) is 42.0 Å². The Morgan fingerprint density at radius 2 is 1.75 bits per heavy atom. The van der Waals surface area contributed by atoms with E-state index in [1.165, 1.54) is 12.0 Å². The van der Waals surface area contributed by atoms with Crippen molar-refractivity contribution < 1.29 is 19.1 Å². The van der Waals surface area contributed by atoms with Gasteiger partial charge in [0.25, 0.3) is 0 Å². The Morgan fingerprint density at radius 1 is 1.02 bits per heavy atom. The van der Waals surface area contributed by atoms with E-state index in [1.807, 2.05) is 36.4 Å². The molecule has 240 valence electrons. The Labute approximate surface area is 262 Å². The van der Waals surface area contributed by atoms with Crippen molar-refractivity contribution in [2.75, 3.05) is 51.6 Å². The highest BCUT2D eigenvalue weighted by Gasteiger charge is 2.72. The van der Waals surface area contributed by atoms with E-state index >= 15 is 0 Å². The van der Waals surface area contributed by atoms with E-state index in [4.69, 9.17) is 4.74 Å². The van der Waals surface area contributed by atoms with E-state index in [9.17, 15) is 14.4 Å². The molecule has 4 aliphatic heterocycles. The molecule has 0 aromatic heterocycles. The molecule has 3 amide bonds. The third-order valence-electron chi connectivity index (χ3n) is 11.3. The molecule has 8 atom stereocenters. The van der Waals surface area contributed by atoms with Crippen molar-refractivity contribution in [2.24, 2.45) is 23.7 Å². The van der Waals surface area contributed by atoms with Gasteiger partial charge >= 0.3 is 0 Å². The molecule has 0 radical (unpaired) electrons. The normalized spacial score (nSPS) is 35.4. The molecule has 44 heavy (non-hydrogen) atoms. The first kappa shape index (κ1) is 31.2. The first-order valence-electron chi connectivity index (χ1n) is 16.9. The van der Waals surface area contributed by atoms with Crippen LogP contribution in [0.3, 0.4) is 0 Å². The summed E-state index contributed by atoms with van der Waals surface area (Å²) in [6, 6.07) is 7.15. The lowest BCUT2D eigenvalue weighted by Gasteiger charge is -2.38. The molecule has 1 saturated carbocycles. The van der Waals surface area contributed by atoms with Crippen LogP contribution >= 0.6 is 0 Å². The van der Waals surface area contributed by atoms with Crippen molar-refractivity contribution in [3.63, 3.8) is 0 Å². The van der Waals surface area contributed by atoms with Gasteiger partial charge in [-0.1, -0.05) is 64.8 Å². The largest absolute Gasteiger partial charge is 0.359 e. The number of ether oxygens (including phenoxy) is 1. The van der Waals surface area contributed by atoms with Crippen LogP contribution < -0.4 is 10.6 Å². The van der Waals surface area contributed by atoms with Crippen molar-refractivity contribution in [3.8, 4) is 0 Å². The zero-order valence-electron chi connectivity index (χ0n) is 27.1. The molecular weight excluding hydrogens is 554 g/mol. The van der Waals surface area contributed by atoms with Crippen LogP contribution in [-0.2, 0) is 19.1 Å². The molecule has 4 heterocycles.